The van der Waals surface area contributed by atoms with Crippen LogP contribution in [0.3, 0.4) is 0 Å². The standard InChI is InChI=1S/C20H18FN5O3/c1-25-18(27)10-16(15-5-6-22-12-23-15)24-20(25)26-7-8-29-17(11-26)19(28)13-3-2-4-14(21)9-13/h2-6,9-10,12,17H,7-8,11H2,1H3. The molecule has 29 heavy (non-hydrogen) atoms. The number of nitrogens with zero attached hydrogens (tertiary/aromatic N) is 5. The number of carbonyl (C=O) groups is 1. The lowest BCUT2D eigenvalue weighted by atomic mass is 10.0. The Kier molecular flexibility index (Phi) is 5.13. The van der Waals surface area contributed by atoms with Crippen molar-refractivity contribution in [3.63, 3.8) is 0 Å². The fraction of sp³-hybridized carbons (Fsp3) is 0.250. The molecule has 1 aromatic carbocycles. The second-order valence-electron chi connectivity index (χ2n) is 6.61. The summed E-state index contributed by atoms with van der Waals surface area (Å²) in [6, 6.07) is 8.58. The number of aromatic nitrogens is 4. The first-order valence-corrected chi connectivity index (χ1v) is 9.04. The van der Waals surface area contributed by atoms with Crippen molar-refractivity contribution in [3.8, 4) is 11.4 Å². The van der Waals surface area contributed by atoms with Crippen molar-refractivity contribution in [1.82, 2.24) is 19.5 Å². The van der Waals surface area contributed by atoms with Crippen LogP contribution in [0.1, 0.15) is 10.4 Å². The van der Waals surface area contributed by atoms with Gasteiger partial charge in [0, 0.05) is 31.4 Å². The van der Waals surface area contributed by atoms with Gasteiger partial charge in [-0.2, -0.15) is 0 Å². The highest BCUT2D eigenvalue weighted by Gasteiger charge is 2.29. The molecule has 0 aliphatic carbocycles. The third-order valence-electron chi connectivity index (χ3n) is 4.71. The topological polar surface area (TPSA) is 90.2 Å². The van der Waals surface area contributed by atoms with E-state index in [1.54, 1.807) is 25.4 Å². The Morgan fingerprint density at radius 2 is 2.10 bits per heavy atom. The number of anilines is 1. The first kappa shape index (κ1) is 18.9. The van der Waals surface area contributed by atoms with Gasteiger partial charge in [0.15, 0.2) is 5.78 Å². The predicted octanol–water partition coefficient (Wildman–Crippen LogP) is 1.46. The number of Topliss-reactive ketones (excluding diaryl/α,β-unsaturated/α-hetero) is 1. The summed E-state index contributed by atoms with van der Waals surface area (Å²) >= 11 is 0. The highest BCUT2D eigenvalue weighted by atomic mass is 19.1. The molecular formula is C20H18FN5O3. The van der Waals surface area contributed by atoms with Crippen LogP contribution in [0.5, 0.6) is 0 Å². The number of hydrogen-bond acceptors (Lipinski definition) is 7. The fourth-order valence-corrected chi connectivity index (χ4v) is 3.20. The van der Waals surface area contributed by atoms with Gasteiger partial charge in [-0.3, -0.25) is 14.2 Å². The van der Waals surface area contributed by atoms with Crippen LogP contribution in [-0.2, 0) is 11.8 Å². The zero-order valence-electron chi connectivity index (χ0n) is 15.7. The van der Waals surface area contributed by atoms with E-state index in [-0.39, 0.29) is 30.1 Å². The summed E-state index contributed by atoms with van der Waals surface area (Å²) in [6.45, 7) is 0.933. The number of hydrogen-bond donors (Lipinski definition) is 0. The lowest BCUT2D eigenvalue weighted by molar-refractivity contribution is 0.0336. The van der Waals surface area contributed by atoms with Crippen molar-refractivity contribution in [3.05, 3.63) is 70.7 Å². The third kappa shape index (κ3) is 3.90. The van der Waals surface area contributed by atoms with Gasteiger partial charge in [-0.1, -0.05) is 12.1 Å². The van der Waals surface area contributed by atoms with Gasteiger partial charge in [0.1, 0.15) is 18.2 Å². The Morgan fingerprint density at radius 3 is 2.86 bits per heavy atom. The molecule has 148 valence electrons. The van der Waals surface area contributed by atoms with E-state index in [2.05, 4.69) is 15.0 Å². The monoisotopic (exact) mass is 395 g/mol. The van der Waals surface area contributed by atoms with Gasteiger partial charge in [0.05, 0.1) is 24.5 Å². The summed E-state index contributed by atoms with van der Waals surface area (Å²) in [6.07, 6.45) is 2.17. The summed E-state index contributed by atoms with van der Waals surface area (Å²) in [4.78, 5) is 39.6. The SMILES string of the molecule is Cn1c(N2CCOC(C(=O)c3cccc(F)c3)C2)nc(-c2ccncn2)cc1=O. The van der Waals surface area contributed by atoms with Crippen LogP contribution in [-0.4, -0.2) is 51.1 Å². The lowest BCUT2D eigenvalue weighted by Crippen LogP contribution is -2.48. The van der Waals surface area contributed by atoms with E-state index >= 15 is 0 Å². The second kappa shape index (κ2) is 7.88. The zero-order chi connectivity index (χ0) is 20.4. The summed E-state index contributed by atoms with van der Waals surface area (Å²) in [5, 5.41) is 0. The summed E-state index contributed by atoms with van der Waals surface area (Å²) < 4.78 is 20.5. The van der Waals surface area contributed by atoms with E-state index in [1.807, 2.05) is 4.90 Å². The molecule has 0 spiro atoms. The first-order chi connectivity index (χ1) is 14.0. The predicted molar refractivity (Wildman–Crippen MR) is 103 cm³/mol. The molecule has 1 fully saturated rings. The van der Waals surface area contributed by atoms with Crippen molar-refractivity contribution < 1.29 is 13.9 Å². The van der Waals surface area contributed by atoms with Gasteiger partial charge in [-0.05, 0) is 18.2 Å². The highest BCUT2D eigenvalue weighted by Crippen LogP contribution is 2.20. The van der Waals surface area contributed by atoms with E-state index in [4.69, 9.17) is 4.74 Å². The number of morpholine rings is 1. The van der Waals surface area contributed by atoms with Gasteiger partial charge in [-0.15, -0.1) is 0 Å². The van der Waals surface area contributed by atoms with Gasteiger partial charge in [-0.25, -0.2) is 19.3 Å². The third-order valence-corrected chi connectivity index (χ3v) is 4.71. The summed E-state index contributed by atoms with van der Waals surface area (Å²) in [7, 11) is 1.62. The number of benzene rings is 1. The van der Waals surface area contributed by atoms with Crippen molar-refractivity contribution in [1.29, 1.82) is 0 Å². The maximum Gasteiger partial charge on any atom is 0.255 e. The summed E-state index contributed by atoms with van der Waals surface area (Å²) in [5.74, 6) is -0.386. The fourth-order valence-electron chi connectivity index (χ4n) is 3.20. The molecule has 2 aromatic heterocycles. The number of carbonyl (C=O) groups excluding carboxylic acids is 1. The Balaban J connectivity index is 1.64. The molecule has 1 aliphatic heterocycles. The van der Waals surface area contributed by atoms with Crippen LogP contribution in [0.4, 0.5) is 10.3 Å². The average molecular weight is 395 g/mol. The van der Waals surface area contributed by atoms with Crippen molar-refractivity contribution >= 4 is 11.7 Å². The Hall–Kier alpha value is -3.46. The van der Waals surface area contributed by atoms with Crippen LogP contribution >= 0.6 is 0 Å². The molecule has 3 heterocycles. The minimum absolute atomic E-state index is 0.197. The van der Waals surface area contributed by atoms with E-state index in [9.17, 15) is 14.0 Å². The number of halogens is 1. The van der Waals surface area contributed by atoms with Crippen LogP contribution in [0, 0.1) is 5.82 Å². The smallest absolute Gasteiger partial charge is 0.255 e. The van der Waals surface area contributed by atoms with Crippen molar-refractivity contribution in [2.75, 3.05) is 24.6 Å². The van der Waals surface area contributed by atoms with Gasteiger partial charge in [0.2, 0.25) is 5.95 Å². The summed E-state index contributed by atoms with van der Waals surface area (Å²) in [5.41, 5.74) is 0.946. The van der Waals surface area contributed by atoms with Crippen LogP contribution in [0.15, 0.2) is 53.7 Å². The molecule has 0 radical (unpaired) electrons. The Labute approximate surface area is 165 Å². The largest absolute Gasteiger partial charge is 0.366 e. The van der Waals surface area contributed by atoms with E-state index < -0.39 is 11.9 Å². The van der Waals surface area contributed by atoms with E-state index in [0.29, 0.717) is 23.9 Å². The van der Waals surface area contributed by atoms with Gasteiger partial charge in [0.25, 0.3) is 5.56 Å². The molecule has 0 N–H and O–H groups in total. The van der Waals surface area contributed by atoms with Crippen molar-refractivity contribution in [2.45, 2.75) is 6.10 Å². The van der Waals surface area contributed by atoms with E-state index in [1.165, 1.54) is 35.2 Å². The van der Waals surface area contributed by atoms with E-state index in [0.717, 1.165) is 0 Å². The maximum atomic E-state index is 13.5. The molecule has 0 bridgehead atoms. The molecule has 9 heteroatoms. The molecule has 1 aliphatic rings. The van der Waals surface area contributed by atoms with Crippen molar-refractivity contribution in [2.24, 2.45) is 7.05 Å². The molecule has 3 aromatic rings. The molecule has 4 rings (SSSR count). The molecular weight excluding hydrogens is 377 g/mol. The number of rotatable bonds is 4. The number of ketones is 1. The number of ether oxygens (including phenoxy) is 1. The minimum atomic E-state index is -0.787. The molecule has 1 unspecified atom stereocenters. The molecule has 0 saturated carbocycles. The molecule has 1 atom stereocenters. The van der Waals surface area contributed by atoms with Crippen LogP contribution < -0.4 is 10.5 Å². The highest BCUT2D eigenvalue weighted by molar-refractivity contribution is 6.00. The average Bonchev–Trinajstić information content (AvgIpc) is 2.75. The quantitative estimate of drug-likeness (QED) is 0.618. The first-order valence-electron chi connectivity index (χ1n) is 9.04. The normalized spacial score (nSPS) is 16.6. The Bertz CT molecular complexity index is 1100. The molecule has 0 amide bonds. The molecule has 1 saturated heterocycles. The maximum absolute atomic E-state index is 13.5. The lowest BCUT2D eigenvalue weighted by Gasteiger charge is -2.33. The van der Waals surface area contributed by atoms with Gasteiger partial charge < -0.3 is 9.64 Å². The van der Waals surface area contributed by atoms with Gasteiger partial charge >= 0.3 is 0 Å². The van der Waals surface area contributed by atoms with Crippen LogP contribution in [0.2, 0.25) is 0 Å². The van der Waals surface area contributed by atoms with Crippen LogP contribution in [0.25, 0.3) is 11.4 Å². The minimum Gasteiger partial charge on any atom is -0.366 e. The Morgan fingerprint density at radius 1 is 1.24 bits per heavy atom. The second-order valence-corrected chi connectivity index (χ2v) is 6.61. The zero-order valence-corrected chi connectivity index (χ0v) is 15.7. The molecule has 8 nitrogen and oxygen atoms in total.